The summed E-state index contributed by atoms with van der Waals surface area (Å²) in [5.41, 5.74) is 7.81. The zero-order valence-electron chi connectivity index (χ0n) is 34.0. The lowest BCUT2D eigenvalue weighted by atomic mass is 9.91. The summed E-state index contributed by atoms with van der Waals surface area (Å²) in [6.45, 7) is 9.76. The highest BCUT2D eigenvalue weighted by molar-refractivity contribution is 7.22. The number of anilines is 2. The molecule has 7 aromatic rings. The molecule has 2 saturated heterocycles. The molecule has 0 unspecified atom stereocenters. The molecule has 15 nitrogen and oxygen atoms in total. The number of phenols is 1. The van der Waals surface area contributed by atoms with Gasteiger partial charge in [0.2, 0.25) is 17.8 Å². The van der Waals surface area contributed by atoms with E-state index in [0.717, 1.165) is 43.5 Å². The van der Waals surface area contributed by atoms with E-state index in [1.54, 1.807) is 53.1 Å². The van der Waals surface area contributed by atoms with E-state index in [2.05, 4.69) is 40.4 Å². The molecule has 17 heteroatoms. The van der Waals surface area contributed by atoms with Crippen LogP contribution >= 0.6 is 22.7 Å². The predicted octanol–water partition coefficient (Wildman–Crippen LogP) is 6.80. The van der Waals surface area contributed by atoms with Gasteiger partial charge in [0.15, 0.2) is 0 Å². The molecule has 2 fully saturated rings. The topological polar surface area (TPSA) is 187 Å². The van der Waals surface area contributed by atoms with Gasteiger partial charge < -0.3 is 34.8 Å². The number of aryl methyl sites for hydroxylation is 1. The highest BCUT2D eigenvalue weighted by Crippen LogP contribution is 2.37. The van der Waals surface area contributed by atoms with Crippen molar-refractivity contribution in [2.75, 3.05) is 36.1 Å². The molecule has 0 spiro atoms. The molecule has 312 valence electrons. The normalized spacial score (nSPS) is 17.7. The van der Waals surface area contributed by atoms with E-state index >= 15 is 0 Å². The summed E-state index contributed by atoms with van der Waals surface area (Å²) in [6.07, 6.45) is 0.975. The van der Waals surface area contributed by atoms with Gasteiger partial charge in [-0.3, -0.25) is 9.59 Å². The number of nitrogens with one attached hydrogen (secondary N) is 1. The number of aliphatic hydroxyl groups excluding tert-OH is 1. The lowest BCUT2D eigenvalue weighted by molar-refractivity contribution is -0.141. The number of likely N-dealkylation sites (tertiary alicyclic amines) is 1. The Morgan fingerprint density at radius 3 is 2.51 bits per heavy atom. The SMILES string of the molecule is Cc1ncsc1-c1ccc([C@H](C)NC(=O)[C@@H]2C[C@@H](O)CN2C(=O)[C@@H](c2cc(-c3ccnc(N4CCN(c5cc6nnc(-c7ccccc7O)cc6s5)C4)n3)no2)C(C)C)cc1. The zero-order chi connectivity index (χ0) is 42.4. The molecule has 0 radical (unpaired) electrons. The van der Waals surface area contributed by atoms with E-state index in [-0.39, 0.29) is 42.5 Å². The summed E-state index contributed by atoms with van der Waals surface area (Å²) in [5, 5.41) is 38.3. The van der Waals surface area contributed by atoms with Crippen molar-refractivity contribution in [3.05, 3.63) is 102 Å². The van der Waals surface area contributed by atoms with Crippen LogP contribution in [-0.2, 0) is 9.59 Å². The van der Waals surface area contributed by atoms with Gasteiger partial charge in [-0.2, -0.15) is 0 Å². The maximum absolute atomic E-state index is 14.3. The number of amides is 2. The number of aliphatic hydroxyl groups is 1. The molecule has 0 aliphatic carbocycles. The molecule has 2 aliphatic rings. The molecular weight excluding hydrogens is 813 g/mol. The van der Waals surface area contributed by atoms with Crippen LogP contribution in [0.5, 0.6) is 5.75 Å². The largest absolute Gasteiger partial charge is 0.507 e. The Labute approximate surface area is 359 Å². The molecule has 61 heavy (non-hydrogen) atoms. The van der Waals surface area contributed by atoms with Crippen molar-refractivity contribution in [2.45, 2.75) is 58.2 Å². The zero-order valence-corrected chi connectivity index (χ0v) is 35.6. The number of para-hydroxylation sites is 1. The van der Waals surface area contributed by atoms with Crippen molar-refractivity contribution < 1.29 is 24.3 Å². The number of rotatable bonds is 11. The highest BCUT2D eigenvalue weighted by atomic mass is 32.1. The number of carbonyl (C=O) groups is 2. The van der Waals surface area contributed by atoms with Gasteiger partial charge in [-0.1, -0.05) is 55.4 Å². The number of nitrogens with zero attached hydrogens (tertiary/aromatic N) is 9. The number of aromatic hydroxyl groups is 1. The number of phenolic OH excluding ortho intramolecular Hbond substituents is 1. The molecule has 3 N–H and O–H groups in total. The van der Waals surface area contributed by atoms with Crippen LogP contribution in [0.15, 0.2) is 89.0 Å². The van der Waals surface area contributed by atoms with Crippen LogP contribution in [0.3, 0.4) is 0 Å². The average Bonchev–Trinajstić information content (AvgIpc) is 4.12. The van der Waals surface area contributed by atoms with Crippen molar-refractivity contribution in [1.29, 1.82) is 0 Å². The minimum Gasteiger partial charge on any atom is -0.507 e. The van der Waals surface area contributed by atoms with Crippen LogP contribution in [0, 0.1) is 12.8 Å². The van der Waals surface area contributed by atoms with Gasteiger partial charge in [-0.25, -0.2) is 15.0 Å². The Kier molecular flexibility index (Phi) is 10.9. The molecule has 2 aliphatic heterocycles. The van der Waals surface area contributed by atoms with Crippen molar-refractivity contribution in [2.24, 2.45) is 5.92 Å². The van der Waals surface area contributed by atoms with E-state index < -0.39 is 18.1 Å². The minimum absolute atomic E-state index is 0.0364. The Bertz CT molecular complexity index is 2720. The van der Waals surface area contributed by atoms with Gasteiger partial charge in [0, 0.05) is 49.9 Å². The van der Waals surface area contributed by atoms with Gasteiger partial charge in [0.25, 0.3) is 0 Å². The highest BCUT2D eigenvalue weighted by Gasteiger charge is 2.43. The van der Waals surface area contributed by atoms with Gasteiger partial charge in [0.05, 0.1) is 56.0 Å². The number of fused-ring (bicyclic) bond motifs is 1. The Balaban J connectivity index is 0.868. The number of carbonyl (C=O) groups excluding carboxylic acids is 2. The van der Waals surface area contributed by atoms with Crippen LogP contribution in [0.25, 0.3) is 43.3 Å². The summed E-state index contributed by atoms with van der Waals surface area (Å²) < 4.78 is 6.82. The molecule has 9 rings (SSSR count). The summed E-state index contributed by atoms with van der Waals surface area (Å²) >= 11 is 3.20. The number of thiophene rings is 1. The van der Waals surface area contributed by atoms with Crippen LogP contribution in [0.2, 0.25) is 0 Å². The molecule has 2 amide bonds. The Morgan fingerprint density at radius 1 is 0.934 bits per heavy atom. The maximum Gasteiger partial charge on any atom is 0.243 e. The van der Waals surface area contributed by atoms with Crippen LogP contribution in [0.1, 0.15) is 56.2 Å². The first-order valence-corrected chi connectivity index (χ1v) is 21.8. The number of β-amino-alcohol motifs (C(OH)–C–C–N with tert-alkyl or cyclic N) is 1. The second-order valence-electron chi connectivity index (χ2n) is 15.8. The Hall–Kier alpha value is -6.30. The quantitative estimate of drug-likeness (QED) is 0.123. The van der Waals surface area contributed by atoms with Crippen LogP contribution in [-0.4, -0.2) is 95.7 Å². The third-order valence-electron chi connectivity index (χ3n) is 11.3. The summed E-state index contributed by atoms with van der Waals surface area (Å²) in [7, 11) is 0. The lowest BCUT2D eigenvalue weighted by Crippen LogP contribution is -2.48. The van der Waals surface area contributed by atoms with E-state index in [9.17, 15) is 19.8 Å². The number of hydrogen-bond acceptors (Lipinski definition) is 15. The first-order valence-electron chi connectivity index (χ1n) is 20.2. The number of benzene rings is 2. The number of hydrogen-bond donors (Lipinski definition) is 3. The van der Waals surface area contributed by atoms with Gasteiger partial charge >= 0.3 is 0 Å². The van der Waals surface area contributed by atoms with Crippen molar-refractivity contribution in [1.82, 2.24) is 40.5 Å². The maximum atomic E-state index is 14.3. The van der Waals surface area contributed by atoms with E-state index in [1.807, 2.05) is 81.7 Å². The summed E-state index contributed by atoms with van der Waals surface area (Å²) in [5.74, 6) is -0.554. The second kappa shape index (κ2) is 16.6. The molecule has 0 saturated carbocycles. The minimum atomic E-state index is -0.848. The summed E-state index contributed by atoms with van der Waals surface area (Å²) in [4.78, 5) is 48.8. The fourth-order valence-electron chi connectivity index (χ4n) is 8.05. The van der Waals surface area contributed by atoms with Gasteiger partial charge in [-0.05, 0) is 55.2 Å². The second-order valence-corrected chi connectivity index (χ2v) is 17.8. The summed E-state index contributed by atoms with van der Waals surface area (Å²) in [6, 6.07) is 21.4. The van der Waals surface area contributed by atoms with Crippen LogP contribution < -0.4 is 15.1 Å². The molecule has 7 heterocycles. The third-order valence-corrected chi connectivity index (χ3v) is 13.4. The molecule has 2 aromatic carbocycles. The fourth-order valence-corrected chi connectivity index (χ4v) is 9.91. The average molecular weight is 857 g/mol. The van der Waals surface area contributed by atoms with E-state index in [1.165, 1.54) is 4.90 Å². The third kappa shape index (κ3) is 8.03. The monoisotopic (exact) mass is 856 g/mol. The van der Waals surface area contributed by atoms with Crippen molar-refractivity contribution >= 4 is 55.7 Å². The van der Waals surface area contributed by atoms with Gasteiger partial charge in [0.1, 0.15) is 34.7 Å². The molecule has 0 bridgehead atoms. The number of aromatic nitrogens is 6. The predicted molar refractivity (Wildman–Crippen MR) is 234 cm³/mol. The smallest absolute Gasteiger partial charge is 0.243 e. The first-order chi connectivity index (χ1) is 29.5. The Morgan fingerprint density at radius 2 is 1.74 bits per heavy atom. The first kappa shape index (κ1) is 40.1. The van der Waals surface area contributed by atoms with Crippen molar-refractivity contribution in [3.63, 3.8) is 0 Å². The lowest BCUT2D eigenvalue weighted by Gasteiger charge is -2.29. The van der Waals surface area contributed by atoms with Crippen LogP contribution in [0.4, 0.5) is 10.9 Å². The van der Waals surface area contributed by atoms with Gasteiger partial charge in [-0.15, -0.1) is 32.9 Å². The fraction of sp³-hybridized carbons (Fsp3) is 0.318. The van der Waals surface area contributed by atoms with E-state index in [4.69, 9.17) is 9.51 Å². The standard InChI is InChI=1S/C44H44N10O5S2/c1-24(2)40(43(58)54-21-29(55)17-35(54)42(57)47-25(3)27-9-11-28(12-10-27)41-26(4)46-22-60-41)37-18-33(51-59-37)31-13-14-45-44(48-31)53-16-15-52(23-53)39-20-34-38(61-39)19-32(49-50-34)30-7-5-6-8-36(30)56/h5-14,18-20,22,24-25,29,35,40,55-56H,15-17,21,23H2,1-4H3,(H,47,57)/t25-,29+,35-,40+/m0/s1. The van der Waals surface area contributed by atoms with E-state index in [0.29, 0.717) is 47.6 Å². The number of thiazole rings is 1. The molecular formula is C44H44N10O5S2. The molecule has 5 aromatic heterocycles. The van der Waals surface area contributed by atoms with Crippen molar-refractivity contribution in [3.8, 4) is 38.8 Å². The molecule has 4 atom stereocenters.